The van der Waals surface area contributed by atoms with E-state index in [2.05, 4.69) is 10.2 Å². The number of amides is 1. The quantitative estimate of drug-likeness (QED) is 0.768. The van der Waals surface area contributed by atoms with Gasteiger partial charge in [-0.05, 0) is 25.0 Å². The van der Waals surface area contributed by atoms with Gasteiger partial charge in [-0.25, -0.2) is 0 Å². The van der Waals surface area contributed by atoms with E-state index >= 15 is 0 Å². The molecule has 0 aliphatic carbocycles. The molecule has 1 atom stereocenters. The van der Waals surface area contributed by atoms with E-state index in [1.165, 1.54) is 0 Å². The van der Waals surface area contributed by atoms with E-state index < -0.39 is 0 Å². The van der Waals surface area contributed by atoms with Crippen LogP contribution in [0.1, 0.15) is 19.3 Å². The number of nitrogens with zero attached hydrogens (tertiary/aromatic N) is 4. The number of aryl methyl sites for hydroxylation is 1. The largest absolute Gasteiger partial charge is 0.497 e. The van der Waals surface area contributed by atoms with Gasteiger partial charge in [0.25, 0.3) is 0 Å². The third-order valence-corrected chi connectivity index (χ3v) is 4.45. The lowest BCUT2D eigenvalue weighted by Gasteiger charge is -2.32. The molecular weight excluding hydrogens is 320 g/mol. The zero-order valence-corrected chi connectivity index (χ0v) is 14.5. The maximum atomic E-state index is 12.4. The first-order valence-electron chi connectivity index (χ1n) is 8.61. The van der Waals surface area contributed by atoms with Gasteiger partial charge in [0.05, 0.1) is 13.7 Å². The van der Waals surface area contributed by atoms with Crippen LogP contribution in [0.15, 0.2) is 36.9 Å². The predicted molar refractivity (Wildman–Crippen MR) is 92.4 cm³/mol. The zero-order chi connectivity index (χ0) is 17.5. The summed E-state index contributed by atoms with van der Waals surface area (Å²) >= 11 is 0. The highest BCUT2D eigenvalue weighted by Gasteiger charge is 2.24. The Morgan fingerprint density at radius 3 is 2.88 bits per heavy atom. The number of piperidine rings is 1. The van der Waals surface area contributed by atoms with E-state index in [-0.39, 0.29) is 5.91 Å². The number of hydrogen-bond donors (Lipinski definition) is 0. The highest BCUT2D eigenvalue weighted by Crippen LogP contribution is 2.22. The average Bonchev–Trinajstić information content (AvgIpc) is 3.18. The van der Waals surface area contributed by atoms with Crippen LogP contribution in [0.25, 0.3) is 0 Å². The Bertz CT molecular complexity index is 675. The Kier molecular flexibility index (Phi) is 5.87. The van der Waals surface area contributed by atoms with Gasteiger partial charge in [-0.1, -0.05) is 6.07 Å². The predicted octanol–water partition coefficient (Wildman–Crippen LogP) is 1.99. The molecule has 1 aromatic heterocycles. The molecule has 0 spiro atoms. The van der Waals surface area contributed by atoms with Gasteiger partial charge < -0.3 is 18.9 Å². The number of methoxy groups -OCH3 is 1. The van der Waals surface area contributed by atoms with Gasteiger partial charge in [0.2, 0.25) is 5.91 Å². The minimum absolute atomic E-state index is 0.180. The van der Waals surface area contributed by atoms with E-state index in [1.807, 2.05) is 33.7 Å². The molecule has 134 valence electrons. The van der Waals surface area contributed by atoms with Crippen molar-refractivity contribution >= 4 is 5.91 Å². The minimum Gasteiger partial charge on any atom is -0.497 e. The van der Waals surface area contributed by atoms with Gasteiger partial charge in [0, 0.05) is 38.0 Å². The van der Waals surface area contributed by atoms with Crippen molar-refractivity contribution < 1.29 is 14.3 Å². The maximum Gasteiger partial charge on any atom is 0.224 e. The van der Waals surface area contributed by atoms with Crippen LogP contribution in [0.5, 0.6) is 11.5 Å². The van der Waals surface area contributed by atoms with E-state index in [1.54, 1.807) is 19.8 Å². The molecule has 25 heavy (non-hydrogen) atoms. The van der Waals surface area contributed by atoms with E-state index in [4.69, 9.17) is 9.47 Å². The fourth-order valence-electron chi connectivity index (χ4n) is 3.05. The fraction of sp³-hybridized carbons (Fsp3) is 0.500. The van der Waals surface area contributed by atoms with E-state index in [0.29, 0.717) is 25.5 Å². The van der Waals surface area contributed by atoms with Crippen molar-refractivity contribution in [1.29, 1.82) is 0 Å². The van der Waals surface area contributed by atoms with Crippen LogP contribution in [-0.2, 0) is 11.3 Å². The second kappa shape index (κ2) is 8.50. The number of hydrogen-bond acceptors (Lipinski definition) is 5. The summed E-state index contributed by atoms with van der Waals surface area (Å²) < 4.78 is 12.9. The number of ether oxygens (including phenoxy) is 2. The molecule has 1 fully saturated rings. The van der Waals surface area contributed by atoms with Crippen LogP contribution in [0.2, 0.25) is 0 Å². The third-order valence-electron chi connectivity index (χ3n) is 4.45. The fourth-order valence-corrected chi connectivity index (χ4v) is 3.05. The van der Waals surface area contributed by atoms with Crippen molar-refractivity contribution in [2.24, 2.45) is 5.92 Å². The van der Waals surface area contributed by atoms with Crippen LogP contribution in [0.3, 0.4) is 0 Å². The smallest absolute Gasteiger partial charge is 0.224 e. The molecule has 0 N–H and O–H groups in total. The van der Waals surface area contributed by atoms with Crippen molar-refractivity contribution in [1.82, 2.24) is 19.7 Å². The Morgan fingerprint density at radius 2 is 2.08 bits per heavy atom. The number of benzene rings is 1. The normalized spacial score (nSPS) is 17.3. The number of carbonyl (C=O) groups is 1. The van der Waals surface area contributed by atoms with Crippen LogP contribution in [0.4, 0.5) is 0 Å². The zero-order valence-electron chi connectivity index (χ0n) is 14.5. The second-order valence-corrected chi connectivity index (χ2v) is 6.29. The molecule has 1 aromatic carbocycles. The standard InChI is InChI=1S/C18H24N4O3/c1-24-16-5-2-6-17(10-16)25-12-15-4-3-8-22(11-15)18(23)7-9-21-13-19-20-14-21/h2,5-6,10,13-15H,3-4,7-9,11-12H2,1H3/t15-/m1/s1. The summed E-state index contributed by atoms with van der Waals surface area (Å²) in [5.74, 6) is 2.13. The molecule has 7 heteroatoms. The van der Waals surface area contributed by atoms with Crippen LogP contribution in [-0.4, -0.2) is 52.4 Å². The minimum atomic E-state index is 0.180. The number of rotatable bonds is 7. The molecule has 7 nitrogen and oxygen atoms in total. The van der Waals surface area contributed by atoms with Gasteiger partial charge in [-0.2, -0.15) is 0 Å². The van der Waals surface area contributed by atoms with Crippen LogP contribution < -0.4 is 9.47 Å². The second-order valence-electron chi connectivity index (χ2n) is 6.29. The van der Waals surface area contributed by atoms with Gasteiger partial charge in [0.15, 0.2) is 0 Å². The third kappa shape index (κ3) is 4.95. The molecule has 0 bridgehead atoms. The summed E-state index contributed by atoms with van der Waals surface area (Å²) in [6.45, 7) is 2.82. The number of carbonyl (C=O) groups excluding carboxylic acids is 1. The molecule has 2 heterocycles. The first-order chi connectivity index (χ1) is 12.2. The molecule has 2 aromatic rings. The Hall–Kier alpha value is -2.57. The van der Waals surface area contributed by atoms with Crippen molar-refractivity contribution in [2.75, 3.05) is 26.8 Å². The first kappa shape index (κ1) is 17.3. The summed E-state index contributed by atoms with van der Waals surface area (Å²) in [5, 5.41) is 7.51. The molecule has 1 aliphatic heterocycles. The lowest BCUT2D eigenvalue weighted by molar-refractivity contribution is -0.133. The molecule has 0 saturated carbocycles. The van der Waals surface area contributed by atoms with Crippen molar-refractivity contribution in [3.8, 4) is 11.5 Å². The van der Waals surface area contributed by atoms with Crippen LogP contribution >= 0.6 is 0 Å². The maximum absolute atomic E-state index is 12.4. The van der Waals surface area contributed by atoms with Gasteiger partial charge in [0.1, 0.15) is 24.2 Å². The number of aromatic nitrogens is 3. The number of likely N-dealkylation sites (tertiary alicyclic amines) is 1. The first-order valence-corrected chi connectivity index (χ1v) is 8.61. The molecule has 0 unspecified atom stereocenters. The Balaban J connectivity index is 1.46. The summed E-state index contributed by atoms with van der Waals surface area (Å²) in [6, 6.07) is 7.61. The average molecular weight is 344 g/mol. The molecule has 1 amide bonds. The molecular formula is C18H24N4O3. The van der Waals surface area contributed by atoms with Gasteiger partial charge in [-0.3, -0.25) is 4.79 Å². The van der Waals surface area contributed by atoms with Crippen molar-refractivity contribution in [3.05, 3.63) is 36.9 Å². The summed E-state index contributed by atoms with van der Waals surface area (Å²) in [5.41, 5.74) is 0. The lowest BCUT2D eigenvalue weighted by atomic mass is 9.98. The Morgan fingerprint density at radius 1 is 1.28 bits per heavy atom. The highest BCUT2D eigenvalue weighted by atomic mass is 16.5. The molecule has 1 aliphatic rings. The Labute approximate surface area is 147 Å². The van der Waals surface area contributed by atoms with Crippen molar-refractivity contribution in [3.63, 3.8) is 0 Å². The van der Waals surface area contributed by atoms with E-state index in [0.717, 1.165) is 37.4 Å². The lowest BCUT2D eigenvalue weighted by Crippen LogP contribution is -2.41. The van der Waals surface area contributed by atoms with Gasteiger partial charge in [-0.15, -0.1) is 10.2 Å². The summed E-state index contributed by atoms with van der Waals surface area (Å²) in [7, 11) is 1.64. The highest BCUT2D eigenvalue weighted by molar-refractivity contribution is 5.76. The summed E-state index contributed by atoms with van der Waals surface area (Å²) in [4.78, 5) is 14.4. The summed E-state index contributed by atoms with van der Waals surface area (Å²) in [6.07, 6.45) is 5.84. The SMILES string of the molecule is COc1cccc(OC[C@@H]2CCCN(C(=O)CCn3cnnc3)C2)c1. The van der Waals surface area contributed by atoms with Crippen molar-refractivity contribution in [2.45, 2.75) is 25.8 Å². The van der Waals surface area contributed by atoms with Crippen LogP contribution in [0, 0.1) is 5.92 Å². The van der Waals surface area contributed by atoms with Gasteiger partial charge >= 0.3 is 0 Å². The molecule has 3 rings (SSSR count). The van der Waals surface area contributed by atoms with E-state index in [9.17, 15) is 4.79 Å². The molecule has 0 radical (unpaired) electrons. The molecule has 1 saturated heterocycles. The monoisotopic (exact) mass is 344 g/mol. The topological polar surface area (TPSA) is 69.5 Å².